The molecular weight excluding hydrogens is 286 g/mol. The van der Waals surface area contributed by atoms with Crippen LogP contribution in [0.5, 0.6) is 0 Å². The fourth-order valence-corrected chi connectivity index (χ4v) is 3.21. The minimum Gasteiger partial charge on any atom is -0.466 e. The molecule has 1 aromatic heterocycles. The molecule has 0 N–H and O–H groups in total. The quantitative estimate of drug-likeness (QED) is 0.638. The van der Waals surface area contributed by atoms with E-state index in [1.54, 1.807) is 0 Å². The van der Waals surface area contributed by atoms with Crippen LogP contribution in [0.3, 0.4) is 0 Å². The molecule has 0 unspecified atom stereocenters. The number of nitrogens with zero attached hydrogens (tertiary/aromatic N) is 1. The van der Waals surface area contributed by atoms with Crippen molar-refractivity contribution in [3.05, 3.63) is 72.6 Å². The largest absolute Gasteiger partial charge is 0.466 e. The molecule has 23 heavy (non-hydrogen) atoms. The molecule has 0 aliphatic heterocycles. The molecular formula is C20H22NO2+. The molecule has 1 aliphatic rings. The highest BCUT2D eigenvalue weighted by molar-refractivity contribution is 5.75. The molecule has 1 heterocycles. The monoisotopic (exact) mass is 308 g/mol. The number of ether oxygens (including phenoxy) is 1. The lowest BCUT2D eigenvalue weighted by Gasteiger charge is -2.27. The van der Waals surface area contributed by atoms with Crippen molar-refractivity contribution in [2.24, 2.45) is 5.92 Å². The van der Waals surface area contributed by atoms with Gasteiger partial charge in [0, 0.05) is 24.5 Å². The van der Waals surface area contributed by atoms with Gasteiger partial charge in [-0.25, -0.2) is 0 Å². The Kier molecular flexibility index (Phi) is 4.86. The van der Waals surface area contributed by atoms with Crippen molar-refractivity contribution in [3.8, 4) is 0 Å². The van der Waals surface area contributed by atoms with Gasteiger partial charge in [-0.3, -0.25) is 4.79 Å². The topological polar surface area (TPSA) is 30.2 Å². The number of aromatic nitrogens is 1. The molecule has 0 saturated carbocycles. The molecule has 118 valence electrons. The summed E-state index contributed by atoms with van der Waals surface area (Å²) in [4.78, 5) is 12.4. The van der Waals surface area contributed by atoms with Crippen LogP contribution in [0.1, 0.15) is 31.2 Å². The van der Waals surface area contributed by atoms with Crippen molar-refractivity contribution in [1.29, 1.82) is 0 Å². The second-order valence-electron chi connectivity index (χ2n) is 5.77. The first kappa shape index (κ1) is 15.5. The smallest absolute Gasteiger partial charge is 0.309 e. The third-order valence-corrected chi connectivity index (χ3v) is 4.34. The van der Waals surface area contributed by atoms with Crippen LogP contribution < -0.4 is 4.57 Å². The van der Waals surface area contributed by atoms with Crippen LogP contribution in [-0.4, -0.2) is 12.6 Å². The predicted octanol–water partition coefficient (Wildman–Crippen LogP) is 3.57. The molecule has 1 aromatic carbocycles. The number of carbonyl (C=O) groups excluding carboxylic acids is 1. The number of pyridine rings is 1. The molecule has 3 heteroatoms. The van der Waals surface area contributed by atoms with Crippen LogP contribution in [0, 0.1) is 5.92 Å². The van der Waals surface area contributed by atoms with Crippen molar-refractivity contribution in [3.63, 3.8) is 0 Å². The van der Waals surface area contributed by atoms with Crippen molar-refractivity contribution < 1.29 is 14.1 Å². The molecule has 0 saturated heterocycles. The van der Waals surface area contributed by atoms with Crippen molar-refractivity contribution in [2.45, 2.75) is 25.7 Å². The van der Waals surface area contributed by atoms with Gasteiger partial charge in [0.1, 0.15) is 0 Å². The van der Waals surface area contributed by atoms with E-state index in [0.717, 1.165) is 12.8 Å². The standard InChI is InChI=1S/C20H22NO2/c1-2-23-20(22)18-12-11-17(21-13-7-4-8-14-21)15-19(18)16-9-5-3-6-10-16/h3-10,13-15,18-19H,2,11-12H2,1H3/q+1/t18-,19-/m0/s1. The lowest BCUT2D eigenvalue weighted by molar-refractivity contribution is -0.584. The van der Waals surface area contributed by atoms with Gasteiger partial charge in [-0.15, -0.1) is 0 Å². The highest BCUT2D eigenvalue weighted by Crippen LogP contribution is 2.37. The third kappa shape index (κ3) is 3.50. The summed E-state index contributed by atoms with van der Waals surface area (Å²) in [6, 6.07) is 16.3. The van der Waals surface area contributed by atoms with Crippen LogP contribution in [0.25, 0.3) is 5.70 Å². The van der Waals surface area contributed by atoms with Gasteiger partial charge < -0.3 is 4.74 Å². The highest BCUT2D eigenvalue weighted by atomic mass is 16.5. The number of hydrogen-bond donors (Lipinski definition) is 0. The van der Waals surface area contributed by atoms with E-state index in [4.69, 9.17) is 4.74 Å². The first-order valence-electron chi connectivity index (χ1n) is 8.18. The fraction of sp³-hybridized carbons (Fsp3) is 0.300. The summed E-state index contributed by atoms with van der Waals surface area (Å²) in [6.07, 6.45) is 8.02. The van der Waals surface area contributed by atoms with E-state index in [2.05, 4.69) is 35.2 Å². The summed E-state index contributed by atoms with van der Waals surface area (Å²) >= 11 is 0. The fourth-order valence-electron chi connectivity index (χ4n) is 3.21. The van der Waals surface area contributed by atoms with Gasteiger partial charge in [0.15, 0.2) is 18.1 Å². The Morgan fingerprint density at radius 3 is 2.52 bits per heavy atom. The van der Waals surface area contributed by atoms with E-state index in [9.17, 15) is 4.79 Å². The molecule has 3 rings (SSSR count). The summed E-state index contributed by atoms with van der Waals surface area (Å²) in [5, 5.41) is 0. The van der Waals surface area contributed by atoms with E-state index in [1.165, 1.54) is 11.3 Å². The minimum atomic E-state index is -0.106. The van der Waals surface area contributed by atoms with Gasteiger partial charge in [0.25, 0.3) is 0 Å². The Bertz CT molecular complexity index is 679. The zero-order valence-electron chi connectivity index (χ0n) is 13.4. The van der Waals surface area contributed by atoms with E-state index in [0.29, 0.717) is 6.61 Å². The van der Waals surface area contributed by atoms with E-state index in [-0.39, 0.29) is 17.8 Å². The zero-order valence-corrected chi connectivity index (χ0v) is 13.4. The lowest BCUT2D eigenvalue weighted by Crippen LogP contribution is -2.36. The number of benzene rings is 1. The van der Waals surface area contributed by atoms with Crippen LogP contribution in [0.4, 0.5) is 0 Å². The molecule has 0 bridgehead atoms. The third-order valence-electron chi connectivity index (χ3n) is 4.34. The average Bonchev–Trinajstić information content (AvgIpc) is 2.63. The number of carbonyl (C=O) groups is 1. The van der Waals surface area contributed by atoms with Gasteiger partial charge in [-0.1, -0.05) is 36.4 Å². The molecule has 3 nitrogen and oxygen atoms in total. The molecule has 0 fully saturated rings. The predicted molar refractivity (Wildman–Crippen MR) is 89.5 cm³/mol. The minimum absolute atomic E-state index is 0.0618. The van der Waals surface area contributed by atoms with Gasteiger partial charge >= 0.3 is 5.97 Å². The van der Waals surface area contributed by atoms with Crippen LogP contribution >= 0.6 is 0 Å². The maximum Gasteiger partial charge on any atom is 0.309 e. The maximum atomic E-state index is 12.4. The zero-order chi connectivity index (χ0) is 16.1. The van der Waals surface area contributed by atoms with E-state index in [1.807, 2.05) is 43.3 Å². The summed E-state index contributed by atoms with van der Waals surface area (Å²) in [5.41, 5.74) is 2.40. The Labute approximate surface area is 137 Å². The second kappa shape index (κ2) is 7.23. The molecule has 0 radical (unpaired) electrons. The molecule has 2 atom stereocenters. The SMILES string of the molecule is CCOC(=O)[C@H]1CCC([n+]2ccccc2)=C[C@H]1c1ccccc1. The van der Waals surface area contributed by atoms with Gasteiger partial charge in [-0.2, -0.15) is 4.57 Å². The van der Waals surface area contributed by atoms with Gasteiger partial charge in [0.05, 0.1) is 12.5 Å². The lowest BCUT2D eigenvalue weighted by atomic mass is 9.78. The van der Waals surface area contributed by atoms with Crippen LogP contribution in [-0.2, 0) is 9.53 Å². The Morgan fingerprint density at radius 1 is 1.13 bits per heavy atom. The maximum absolute atomic E-state index is 12.4. The number of rotatable bonds is 4. The van der Waals surface area contributed by atoms with Crippen LogP contribution in [0.2, 0.25) is 0 Å². The first-order valence-corrected chi connectivity index (χ1v) is 8.18. The summed E-state index contributed by atoms with van der Waals surface area (Å²) < 4.78 is 7.44. The van der Waals surface area contributed by atoms with Gasteiger partial charge in [0.2, 0.25) is 0 Å². The van der Waals surface area contributed by atoms with Crippen LogP contribution in [0.15, 0.2) is 67.0 Å². The Balaban J connectivity index is 1.96. The number of hydrogen-bond acceptors (Lipinski definition) is 2. The summed E-state index contributed by atoms with van der Waals surface area (Å²) in [6.45, 7) is 2.29. The normalized spacial score (nSPS) is 20.7. The summed E-state index contributed by atoms with van der Waals surface area (Å²) in [7, 11) is 0. The second-order valence-corrected chi connectivity index (χ2v) is 5.77. The van der Waals surface area contributed by atoms with E-state index >= 15 is 0 Å². The molecule has 2 aromatic rings. The molecule has 1 aliphatic carbocycles. The highest BCUT2D eigenvalue weighted by Gasteiger charge is 2.35. The van der Waals surface area contributed by atoms with Crippen molar-refractivity contribution in [1.82, 2.24) is 0 Å². The van der Waals surface area contributed by atoms with Crippen molar-refractivity contribution in [2.75, 3.05) is 6.61 Å². The molecule has 0 spiro atoms. The first-order chi connectivity index (χ1) is 11.3. The Morgan fingerprint density at radius 2 is 1.83 bits per heavy atom. The number of allylic oxidation sites excluding steroid dienone is 2. The summed E-state index contributed by atoms with van der Waals surface area (Å²) in [5.74, 6) is -0.133. The molecule has 0 amide bonds. The average molecular weight is 308 g/mol. The van der Waals surface area contributed by atoms with Crippen molar-refractivity contribution >= 4 is 11.7 Å². The number of esters is 1. The Hall–Kier alpha value is -2.42. The van der Waals surface area contributed by atoms with Gasteiger partial charge in [-0.05, 0) is 25.0 Å². The van der Waals surface area contributed by atoms with E-state index < -0.39 is 0 Å².